The number of carbonyl (C=O) groups is 2. The Kier molecular flexibility index (Phi) is 7.77. The highest BCUT2D eigenvalue weighted by molar-refractivity contribution is 5.91. The van der Waals surface area contributed by atoms with Gasteiger partial charge in [0.25, 0.3) is 0 Å². The van der Waals surface area contributed by atoms with Gasteiger partial charge in [-0.1, -0.05) is 19.1 Å². The van der Waals surface area contributed by atoms with E-state index in [9.17, 15) is 40.2 Å². The van der Waals surface area contributed by atoms with Gasteiger partial charge < -0.3 is 49.6 Å². The van der Waals surface area contributed by atoms with Gasteiger partial charge >= 0.3 is 5.97 Å². The van der Waals surface area contributed by atoms with Gasteiger partial charge in [0.05, 0.1) is 23.9 Å². The van der Waals surface area contributed by atoms with E-state index >= 15 is 0 Å². The van der Waals surface area contributed by atoms with E-state index in [-0.39, 0.29) is 22.7 Å². The summed E-state index contributed by atoms with van der Waals surface area (Å²) in [7, 11) is 0. The molecule has 6 N–H and O–H groups in total. The summed E-state index contributed by atoms with van der Waals surface area (Å²) in [5.41, 5.74) is -1.22. The molecule has 1 aromatic carbocycles. The normalized spacial score (nSPS) is 37.9. The van der Waals surface area contributed by atoms with Crippen molar-refractivity contribution in [3.05, 3.63) is 29.8 Å². The fraction of sp³-hybridized carbons (Fsp3) is 0.615. The van der Waals surface area contributed by atoms with Crippen molar-refractivity contribution in [1.29, 1.82) is 0 Å². The molecule has 210 valence electrons. The first-order valence-electron chi connectivity index (χ1n) is 12.4. The van der Waals surface area contributed by atoms with Crippen molar-refractivity contribution in [1.82, 2.24) is 0 Å². The van der Waals surface area contributed by atoms with Crippen molar-refractivity contribution in [3.63, 3.8) is 0 Å². The molecule has 3 fully saturated rings. The number of esters is 1. The predicted molar refractivity (Wildman–Crippen MR) is 128 cm³/mol. The van der Waals surface area contributed by atoms with Crippen LogP contribution in [0.2, 0.25) is 0 Å². The minimum atomic E-state index is -1.66. The van der Waals surface area contributed by atoms with Gasteiger partial charge in [-0.15, -0.1) is 0 Å². The molecule has 38 heavy (non-hydrogen) atoms. The second-order valence-corrected chi connectivity index (χ2v) is 10.8. The molecule has 0 unspecified atom stereocenters. The smallest absolute Gasteiger partial charge is 0.338 e. The summed E-state index contributed by atoms with van der Waals surface area (Å²) in [5.74, 6) is -3.14. The number of Topliss-reactive ketones (excluding diaryl/α,β-unsaturated/α-hetero) is 1. The molecule has 0 aromatic heterocycles. The molecule has 12 nitrogen and oxygen atoms in total. The molecule has 4 rings (SSSR count). The van der Waals surface area contributed by atoms with E-state index in [0.717, 1.165) is 12.1 Å². The molecule has 9 atom stereocenters. The average Bonchev–Trinajstić information content (AvgIpc) is 3.00. The van der Waals surface area contributed by atoms with Crippen LogP contribution in [-0.4, -0.2) is 98.0 Å². The van der Waals surface area contributed by atoms with Gasteiger partial charge in [0.2, 0.25) is 0 Å². The molecule has 3 aliphatic rings. The van der Waals surface area contributed by atoms with Crippen LogP contribution in [0.4, 0.5) is 0 Å². The lowest BCUT2D eigenvalue weighted by Crippen LogP contribution is -2.59. The van der Waals surface area contributed by atoms with Crippen molar-refractivity contribution in [2.75, 3.05) is 13.2 Å². The van der Waals surface area contributed by atoms with Crippen molar-refractivity contribution in [3.8, 4) is 17.2 Å². The Balaban J connectivity index is 1.38. The average molecular weight is 539 g/mol. The SMILES string of the molecule is C[C@H](/C=C/[C@@H]1[C@@]2(C)CO[C@]1(C)CC(=O)C2)O[C@@H]1O[C@H](COC(=O)c2cc(O)c(O)c(O)c2)[C@@H](O)[C@H](O)[C@H]1O. The van der Waals surface area contributed by atoms with Crippen molar-refractivity contribution >= 4 is 11.8 Å². The molecule has 2 saturated heterocycles. The predicted octanol–water partition coefficient (Wildman–Crippen LogP) is 0.503. The maximum atomic E-state index is 12.3. The van der Waals surface area contributed by atoms with Gasteiger partial charge in [-0.3, -0.25) is 4.79 Å². The number of benzene rings is 1. The number of ether oxygens (including phenoxy) is 4. The second-order valence-electron chi connectivity index (χ2n) is 10.8. The van der Waals surface area contributed by atoms with Crippen LogP contribution in [0.5, 0.6) is 17.2 Å². The summed E-state index contributed by atoms with van der Waals surface area (Å²) in [6.45, 7) is 5.53. The van der Waals surface area contributed by atoms with Gasteiger partial charge in [-0.05, 0) is 26.0 Å². The van der Waals surface area contributed by atoms with Crippen molar-refractivity contribution in [2.24, 2.45) is 11.3 Å². The summed E-state index contributed by atoms with van der Waals surface area (Å²) in [5, 5.41) is 59.7. The number of phenols is 3. The lowest BCUT2D eigenvalue weighted by Gasteiger charge is -2.41. The van der Waals surface area contributed by atoms with E-state index in [1.807, 2.05) is 19.9 Å². The first-order chi connectivity index (χ1) is 17.7. The third kappa shape index (κ3) is 5.37. The van der Waals surface area contributed by atoms with Gasteiger partial charge in [0, 0.05) is 24.2 Å². The number of fused-ring (bicyclic) bond motifs is 2. The Morgan fingerprint density at radius 3 is 2.39 bits per heavy atom. The first-order valence-corrected chi connectivity index (χ1v) is 12.4. The van der Waals surface area contributed by atoms with Crippen molar-refractivity contribution < 1.29 is 59.2 Å². The first kappa shape index (κ1) is 28.3. The lowest BCUT2D eigenvalue weighted by atomic mass is 9.63. The van der Waals surface area contributed by atoms with Gasteiger partial charge in [-0.25, -0.2) is 4.79 Å². The van der Waals surface area contributed by atoms with Crippen LogP contribution >= 0.6 is 0 Å². The number of rotatable bonds is 7. The minimum Gasteiger partial charge on any atom is -0.504 e. The van der Waals surface area contributed by atoms with Crippen LogP contribution in [-0.2, 0) is 23.7 Å². The summed E-state index contributed by atoms with van der Waals surface area (Å²) in [4.78, 5) is 24.5. The monoisotopic (exact) mass is 538 g/mol. The van der Waals surface area contributed by atoms with E-state index < -0.39 is 72.2 Å². The highest BCUT2D eigenvalue weighted by Crippen LogP contribution is 2.53. The number of carbonyl (C=O) groups excluding carboxylic acids is 2. The third-order valence-electron chi connectivity index (χ3n) is 7.57. The maximum absolute atomic E-state index is 12.3. The number of ketones is 1. The molecule has 2 aliphatic heterocycles. The quantitative estimate of drug-likeness (QED) is 0.160. The highest BCUT2D eigenvalue weighted by atomic mass is 16.7. The fourth-order valence-electron chi connectivity index (χ4n) is 5.56. The van der Waals surface area contributed by atoms with Crippen molar-refractivity contribution in [2.45, 2.75) is 76.0 Å². The molecular formula is C26H34O12. The van der Waals surface area contributed by atoms with E-state index in [4.69, 9.17) is 18.9 Å². The van der Waals surface area contributed by atoms with Gasteiger partial charge in [-0.2, -0.15) is 0 Å². The Morgan fingerprint density at radius 2 is 1.76 bits per heavy atom. The summed E-state index contributed by atoms with van der Waals surface area (Å²) < 4.78 is 22.4. The number of hydrogen-bond donors (Lipinski definition) is 6. The second kappa shape index (κ2) is 10.4. The standard InChI is InChI=1S/C26H34O12/c1-12(4-5-18-25(2)8-14(27)9-26(18,3)36-11-25)37-24-22(33)21(32)20(31)17(38-24)10-35-23(34)13-6-15(28)19(30)16(29)7-13/h4-7,12,17-18,20-22,24,28-33H,8-11H2,1-3H3/b5-4+/t12-,17-,18-,20-,21+,22-,24-,25-,26-/m1/s1. The van der Waals surface area contributed by atoms with E-state index in [1.54, 1.807) is 13.0 Å². The molecule has 0 amide bonds. The number of phenolic OH excluding ortho intramolecular Hbond substituents is 3. The van der Waals surface area contributed by atoms with Crippen LogP contribution in [0, 0.1) is 11.3 Å². The molecule has 12 heteroatoms. The summed E-state index contributed by atoms with van der Waals surface area (Å²) >= 11 is 0. The Bertz CT molecular complexity index is 1060. The summed E-state index contributed by atoms with van der Waals surface area (Å²) in [6, 6.07) is 1.77. The van der Waals surface area contributed by atoms with Gasteiger partial charge in [0.15, 0.2) is 23.5 Å². The van der Waals surface area contributed by atoms with Crippen LogP contribution < -0.4 is 0 Å². The largest absolute Gasteiger partial charge is 0.504 e. The van der Waals surface area contributed by atoms with Crippen LogP contribution in [0.25, 0.3) is 0 Å². The summed E-state index contributed by atoms with van der Waals surface area (Å²) in [6.07, 6.45) is -3.68. The number of aliphatic hydroxyl groups excluding tert-OH is 3. The number of hydrogen-bond acceptors (Lipinski definition) is 12. The lowest BCUT2D eigenvalue weighted by molar-refractivity contribution is -0.306. The van der Waals surface area contributed by atoms with Crippen LogP contribution in [0.3, 0.4) is 0 Å². The number of aromatic hydroxyl groups is 3. The highest BCUT2D eigenvalue weighted by Gasteiger charge is 2.57. The zero-order valence-electron chi connectivity index (χ0n) is 21.3. The maximum Gasteiger partial charge on any atom is 0.338 e. The zero-order valence-corrected chi connectivity index (χ0v) is 21.3. The fourth-order valence-corrected chi connectivity index (χ4v) is 5.56. The molecular weight excluding hydrogens is 504 g/mol. The molecule has 1 aliphatic carbocycles. The van der Waals surface area contributed by atoms with Crippen LogP contribution in [0.15, 0.2) is 24.3 Å². The minimum absolute atomic E-state index is 0.0331. The van der Waals surface area contributed by atoms with E-state index in [2.05, 4.69) is 0 Å². The Hall–Kier alpha value is -2.74. The van der Waals surface area contributed by atoms with Gasteiger partial charge in [0.1, 0.15) is 36.8 Å². The Morgan fingerprint density at radius 1 is 1.11 bits per heavy atom. The molecule has 0 radical (unpaired) electrons. The Labute approximate surface area is 219 Å². The topological polar surface area (TPSA) is 192 Å². The molecule has 1 saturated carbocycles. The zero-order chi connectivity index (χ0) is 28.0. The van der Waals surface area contributed by atoms with E-state index in [1.165, 1.54) is 0 Å². The molecule has 0 spiro atoms. The van der Waals surface area contributed by atoms with E-state index in [0.29, 0.717) is 19.4 Å². The third-order valence-corrected chi connectivity index (χ3v) is 7.57. The van der Waals surface area contributed by atoms with Crippen LogP contribution in [0.1, 0.15) is 44.0 Å². The number of aliphatic hydroxyl groups is 3. The molecule has 2 heterocycles. The molecule has 1 aromatic rings. The molecule has 2 bridgehead atoms.